The van der Waals surface area contributed by atoms with Crippen molar-refractivity contribution < 1.29 is 19.5 Å². The smallest absolute Gasteiger partial charge is 0.0579 e. The molecular formula is C108H153N3Ru. The van der Waals surface area contributed by atoms with Crippen molar-refractivity contribution in [1.82, 2.24) is 14.7 Å². The fourth-order valence-corrected chi connectivity index (χ4v) is 21.3. The first kappa shape index (κ1) is 90.2. The Kier molecular flexibility index (Phi) is 32.5. The number of hydrogen-bond donors (Lipinski definition) is 0. The topological polar surface area (TPSA) is 9.72 Å². The van der Waals surface area contributed by atoms with Gasteiger partial charge in [-0.05, 0) is 405 Å². The number of aryl methyl sites for hydroxylation is 6. The van der Waals surface area contributed by atoms with Gasteiger partial charge in [0.25, 0.3) is 0 Å². The molecule has 12 rings (SSSR count). The summed E-state index contributed by atoms with van der Waals surface area (Å²) >= 11 is 0. The van der Waals surface area contributed by atoms with Crippen LogP contribution >= 0.6 is 0 Å². The monoisotopic (exact) mass is 1590 g/mol. The summed E-state index contributed by atoms with van der Waals surface area (Å²) in [5, 5.41) is 0. The Morgan fingerprint density at radius 1 is 0.188 bits per heavy atom. The summed E-state index contributed by atoms with van der Waals surface area (Å²) in [6.45, 7) is 66.4. The predicted octanol–water partition coefficient (Wildman–Crippen LogP) is 32.3. The van der Waals surface area contributed by atoms with Crippen LogP contribution in [0.2, 0.25) is 0 Å². The van der Waals surface area contributed by atoms with Crippen molar-refractivity contribution in [3.8, 4) is 0 Å². The van der Waals surface area contributed by atoms with Gasteiger partial charge in [-0.1, -0.05) is 228 Å². The largest absolute Gasteiger partial charge is 0.282 e. The Bertz CT molecular complexity index is 3830. The molecule has 0 spiro atoms. The van der Waals surface area contributed by atoms with Crippen LogP contribution in [0.3, 0.4) is 0 Å². The zero-order chi connectivity index (χ0) is 80.6. The summed E-state index contributed by atoms with van der Waals surface area (Å²) in [5.41, 5.74) is 53.8. The average Bonchev–Trinajstić information content (AvgIpc) is 1.58. The van der Waals surface area contributed by atoms with Gasteiger partial charge in [0.15, 0.2) is 0 Å². The van der Waals surface area contributed by atoms with Crippen LogP contribution in [0.5, 0.6) is 0 Å². The standard InChI is InChI=1S/3C36H51N.Ru/c3*1-10-11-12-13-14-15-16-17-22-37(35-29(8)27(6)33-25(4)23(2)18-20-31(33)35)36-30(9)28(7)34-26(5)24(3)19-21-32(34)36;/h3*18-21,35-36H,10-17,22H2,1-9H3;. The maximum atomic E-state index is 2.88. The van der Waals surface area contributed by atoms with E-state index in [1.54, 1.807) is 33.4 Å². The van der Waals surface area contributed by atoms with E-state index in [2.05, 4.69) is 274 Å². The van der Waals surface area contributed by atoms with Crippen molar-refractivity contribution in [3.05, 3.63) is 240 Å². The van der Waals surface area contributed by atoms with Crippen molar-refractivity contribution in [1.29, 1.82) is 0 Å². The molecule has 0 N–H and O–H groups in total. The third-order valence-corrected chi connectivity index (χ3v) is 29.4. The summed E-state index contributed by atoms with van der Waals surface area (Å²) in [4.78, 5) is 8.65. The maximum Gasteiger partial charge on any atom is 0.0579 e. The summed E-state index contributed by atoms with van der Waals surface area (Å²) < 4.78 is 0. The normalized spacial score (nSPS) is 18.7. The molecule has 0 amide bonds. The van der Waals surface area contributed by atoms with Crippen molar-refractivity contribution >= 4 is 33.4 Å². The summed E-state index contributed by atoms with van der Waals surface area (Å²) in [6, 6.07) is 30.9. The predicted molar refractivity (Wildman–Crippen MR) is 489 cm³/mol. The van der Waals surface area contributed by atoms with E-state index in [4.69, 9.17) is 0 Å². The third kappa shape index (κ3) is 18.3. The molecule has 0 heterocycles. The number of hydrogen-bond acceptors (Lipinski definition) is 3. The van der Waals surface area contributed by atoms with Gasteiger partial charge in [-0.3, -0.25) is 14.7 Å². The maximum absolute atomic E-state index is 2.88. The van der Waals surface area contributed by atoms with Crippen LogP contribution in [0.25, 0.3) is 33.4 Å². The van der Waals surface area contributed by atoms with Crippen molar-refractivity contribution in [3.63, 3.8) is 0 Å². The molecule has 6 aromatic rings. The minimum atomic E-state index is 0. The molecule has 6 aromatic carbocycles. The van der Waals surface area contributed by atoms with E-state index in [1.807, 2.05) is 0 Å². The number of fused-ring (bicyclic) bond motifs is 6. The Hall–Kier alpha value is -5.74. The molecule has 608 valence electrons. The molecule has 0 fully saturated rings. The molecule has 6 aliphatic rings. The zero-order valence-corrected chi connectivity index (χ0v) is 77.9. The van der Waals surface area contributed by atoms with E-state index >= 15 is 0 Å². The minimum absolute atomic E-state index is 0. The van der Waals surface area contributed by atoms with Gasteiger partial charge < -0.3 is 0 Å². The van der Waals surface area contributed by atoms with Gasteiger partial charge in [0.1, 0.15) is 0 Å². The first-order valence-corrected chi connectivity index (χ1v) is 45.0. The Balaban J connectivity index is 0.000000192. The number of allylic oxidation sites excluding steroid dienone is 6. The number of benzene rings is 6. The van der Waals surface area contributed by atoms with E-state index in [0.717, 1.165) is 19.6 Å². The van der Waals surface area contributed by atoms with Gasteiger partial charge >= 0.3 is 0 Å². The molecule has 6 aliphatic carbocycles. The van der Waals surface area contributed by atoms with Crippen LogP contribution in [0.15, 0.2) is 106 Å². The average molecular weight is 1590 g/mol. The molecule has 0 saturated heterocycles. The molecule has 0 bridgehead atoms. The van der Waals surface area contributed by atoms with Gasteiger partial charge in [0, 0.05) is 19.5 Å². The number of unbranched alkanes of at least 4 members (excludes halogenated alkanes) is 21. The molecule has 0 saturated carbocycles. The first-order valence-electron chi connectivity index (χ1n) is 45.0. The van der Waals surface area contributed by atoms with Crippen molar-refractivity contribution in [2.75, 3.05) is 19.6 Å². The molecule has 0 radical (unpaired) electrons. The molecular weight excluding hydrogens is 1440 g/mol. The van der Waals surface area contributed by atoms with Gasteiger partial charge in [-0.2, -0.15) is 0 Å². The number of rotatable bonds is 33. The van der Waals surface area contributed by atoms with E-state index in [-0.39, 0.29) is 19.5 Å². The van der Waals surface area contributed by atoms with Crippen LogP contribution in [-0.4, -0.2) is 34.3 Å². The van der Waals surface area contributed by atoms with Gasteiger partial charge in [0.05, 0.1) is 36.3 Å². The van der Waals surface area contributed by atoms with Crippen LogP contribution < -0.4 is 0 Å². The van der Waals surface area contributed by atoms with Crippen molar-refractivity contribution in [2.24, 2.45) is 0 Å². The van der Waals surface area contributed by atoms with Crippen LogP contribution in [0.1, 0.15) is 428 Å². The molecule has 0 aliphatic heterocycles. The van der Waals surface area contributed by atoms with Gasteiger partial charge in [-0.25, -0.2) is 0 Å². The molecule has 4 heteroatoms. The second-order valence-electron chi connectivity index (χ2n) is 36.2. The first-order chi connectivity index (χ1) is 53.1. The van der Waals surface area contributed by atoms with Crippen LogP contribution in [0, 0.1) is 83.1 Å². The SMILES string of the molecule is CCCCCCCCCCN(C1C(C)=C(C)c2c1ccc(C)c2C)C1C(C)=C(C)c2c1ccc(C)c2C.CCCCCCCCCCN(C1C(C)=C(C)c2c1ccc(C)c2C)C1C(C)=C(C)c2c1ccc(C)c2C.CCCCCCCCCCN(C1C(C)=C(C)c2c1ccc(C)c2C)C1C(C)=C(C)c2c1ccc(C)c2C.[Ru]. The molecule has 6 atom stereocenters. The Morgan fingerprint density at radius 3 is 0.464 bits per heavy atom. The molecule has 3 nitrogen and oxygen atoms in total. The fraction of sp³-hybridized carbons (Fsp3) is 0.556. The van der Waals surface area contributed by atoms with E-state index < -0.39 is 0 Å². The second kappa shape index (κ2) is 40.4. The van der Waals surface area contributed by atoms with E-state index in [0.29, 0.717) is 36.3 Å². The minimum Gasteiger partial charge on any atom is -0.282 e. The molecule has 0 aromatic heterocycles. The Labute approximate surface area is 699 Å². The van der Waals surface area contributed by atoms with E-state index in [1.165, 1.54) is 321 Å². The van der Waals surface area contributed by atoms with Crippen LogP contribution in [-0.2, 0) is 19.5 Å². The molecule has 112 heavy (non-hydrogen) atoms. The second-order valence-corrected chi connectivity index (χ2v) is 36.2. The Morgan fingerprint density at radius 2 is 0.321 bits per heavy atom. The van der Waals surface area contributed by atoms with Gasteiger partial charge in [-0.15, -0.1) is 0 Å². The summed E-state index contributed by atoms with van der Waals surface area (Å²) in [5.74, 6) is 0. The summed E-state index contributed by atoms with van der Waals surface area (Å²) in [6.07, 6.45) is 32.8. The fourth-order valence-electron chi connectivity index (χ4n) is 21.3. The van der Waals surface area contributed by atoms with Crippen molar-refractivity contribution in [2.45, 2.75) is 377 Å². The third-order valence-electron chi connectivity index (χ3n) is 29.4. The molecule has 6 unspecified atom stereocenters. The quantitative estimate of drug-likeness (QED) is 0.0300. The zero-order valence-electron chi connectivity index (χ0n) is 76.2. The summed E-state index contributed by atoms with van der Waals surface area (Å²) in [7, 11) is 0. The van der Waals surface area contributed by atoms with Gasteiger partial charge in [0.2, 0.25) is 0 Å². The van der Waals surface area contributed by atoms with E-state index in [9.17, 15) is 0 Å². The number of nitrogens with zero attached hydrogens (tertiary/aromatic N) is 3. The van der Waals surface area contributed by atoms with Crippen LogP contribution in [0.4, 0.5) is 0 Å².